The number of imidazole rings is 1. The van der Waals surface area contributed by atoms with Crippen molar-refractivity contribution >= 4 is 38.7 Å². The van der Waals surface area contributed by atoms with Crippen LogP contribution in [0.4, 0.5) is 5.95 Å². The maximum Gasteiger partial charge on any atom is 0.280 e. The van der Waals surface area contributed by atoms with Gasteiger partial charge in [-0.2, -0.15) is 4.98 Å². The summed E-state index contributed by atoms with van der Waals surface area (Å²) in [7, 11) is -3.80. The Morgan fingerprint density at radius 2 is 1.86 bits per heavy atom. The molecule has 7 nitrogen and oxygen atoms in total. The molecule has 1 saturated carbocycles. The minimum atomic E-state index is -2.02. The number of fused-ring (bicyclic) bond motifs is 1. The summed E-state index contributed by atoms with van der Waals surface area (Å²) in [5, 5.41) is 1.55. The molecule has 2 aromatic heterocycles. The van der Waals surface area contributed by atoms with Crippen molar-refractivity contribution < 1.29 is 4.43 Å². The molecule has 35 heavy (non-hydrogen) atoms. The van der Waals surface area contributed by atoms with Crippen LogP contribution in [0.3, 0.4) is 0 Å². The lowest BCUT2D eigenvalue weighted by atomic mass is 10.0. The van der Waals surface area contributed by atoms with Crippen LogP contribution in [0.15, 0.2) is 53.6 Å². The first-order chi connectivity index (χ1) is 16.2. The predicted octanol–water partition coefficient (Wildman–Crippen LogP) is 4.83. The SMILES string of the molecule is C=C1[C@@H](C[Si](C)(C)c2ccccc2)[C@H](O[Si](C)(C)C(C)(C)C)C[C@H]1n1cnc2c(=O)[nH]c(N)nc21. The van der Waals surface area contributed by atoms with Crippen LogP contribution in [-0.2, 0) is 4.43 Å². The van der Waals surface area contributed by atoms with E-state index in [-0.39, 0.29) is 34.6 Å². The minimum absolute atomic E-state index is 0.0472. The summed E-state index contributed by atoms with van der Waals surface area (Å²) in [4.78, 5) is 23.7. The van der Waals surface area contributed by atoms with Crippen molar-refractivity contribution in [1.82, 2.24) is 19.5 Å². The fraction of sp³-hybridized carbons (Fsp3) is 0.500. The summed E-state index contributed by atoms with van der Waals surface area (Å²) in [6.45, 7) is 20.9. The van der Waals surface area contributed by atoms with Gasteiger partial charge >= 0.3 is 0 Å². The van der Waals surface area contributed by atoms with Crippen LogP contribution < -0.4 is 16.5 Å². The summed E-state index contributed by atoms with van der Waals surface area (Å²) in [5.41, 5.74) is 7.49. The maximum atomic E-state index is 12.4. The Bertz CT molecular complexity index is 1290. The van der Waals surface area contributed by atoms with Crippen molar-refractivity contribution in [3.8, 4) is 0 Å². The third kappa shape index (κ3) is 4.81. The minimum Gasteiger partial charge on any atom is -0.413 e. The number of aromatic amines is 1. The van der Waals surface area contributed by atoms with Crippen molar-refractivity contribution in [2.24, 2.45) is 5.92 Å². The first kappa shape index (κ1) is 25.6. The number of nitrogen functional groups attached to an aromatic ring is 1. The van der Waals surface area contributed by atoms with Crippen LogP contribution in [0.25, 0.3) is 11.2 Å². The van der Waals surface area contributed by atoms with Gasteiger partial charge in [-0.15, -0.1) is 0 Å². The molecule has 0 aliphatic heterocycles. The summed E-state index contributed by atoms with van der Waals surface area (Å²) in [6, 6.07) is 11.9. The fourth-order valence-corrected chi connectivity index (χ4v) is 9.32. The van der Waals surface area contributed by atoms with Crippen LogP contribution in [-0.4, -0.2) is 42.0 Å². The average molecular weight is 510 g/mol. The summed E-state index contributed by atoms with van der Waals surface area (Å²) in [6.07, 6.45) is 2.55. The smallest absolute Gasteiger partial charge is 0.280 e. The molecule has 0 bridgehead atoms. The number of rotatable bonds is 6. The Balaban J connectivity index is 1.74. The third-order valence-corrected chi connectivity index (χ3v) is 16.0. The zero-order valence-electron chi connectivity index (χ0n) is 22.1. The highest BCUT2D eigenvalue weighted by molar-refractivity contribution is 6.89. The molecular weight excluding hydrogens is 470 g/mol. The molecule has 1 aliphatic rings. The number of hydrogen-bond acceptors (Lipinski definition) is 5. The van der Waals surface area contributed by atoms with Gasteiger partial charge in [0.2, 0.25) is 5.95 Å². The van der Waals surface area contributed by atoms with Crippen molar-refractivity contribution in [3.63, 3.8) is 0 Å². The van der Waals surface area contributed by atoms with Gasteiger partial charge in [0, 0.05) is 5.92 Å². The molecule has 0 saturated heterocycles. The summed E-state index contributed by atoms with van der Waals surface area (Å²) >= 11 is 0. The van der Waals surface area contributed by atoms with E-state index in [9.17, 15) is 4.79 Å². The second-order valence-electron chi connectivity index (χ2n) is 12.1. The van der Waals surface area contributed by atoms with Crippen LogP contribution >= 0.6 is 0 Å². The number of nitrogens with zero attached hydrogens (tertiary/aromatic N) is 3. The van der Waals surface area contributed by atoms with Crippen LogP contribution in [0.1, 0.15) is 33.2 Å². The second-order valence-corrected chi connectivity index (χ2v) is 21.6. The predicted molar refractivity (Wildman–Crippen MR) is 149 cm³/mol. The summed E-state index contributed by atoms with van der Waals surface area (Å²) in [5.74, 6) is 0.309. The van der Waals surface area contributed by atoms with Crippen LogP contribution in [0, 0.1) is 5.92 Å². The van der Waals surface area contributed by atoms with Gasteiger partial charge in [0.05, 0.1) is 26.5 Å². The van der Waals surface area contributed by atoms with Crippen molar-refractivity contribution in [3.05, 3.63) is 59.2 Å². The lowest BCUT2D eigenvalue weighted by Crippen LogP contribution is -2.48. The zero-order valence-corrected chi connectivity index (χ0v) is 24.1. The molecular formula is C26H39N5O2Si2. The van der Waals surface area contributed by atoms with Gasteiger partial charge in [-0.3, -0.25) is 9.78 Å². The zero-order chi connectivity index (χ0) is 25.8. The van der Waals surface area contributed by atoms with E-state index < -0.39 is 16.4 Å². The summed E-state index contributed by atoms with van der Waals surface area (Å²) < 4.78 is 9.04. The maximum absolute atomic E-state index is 12.4. The van der Waals surface area contributed by atoms with E-state index in [1.807, 2.05) is 4.57 Å². The van der Waals surface area contributed by atoms with Gasteiger partial charge < -0.3 is 14.7 Å². The van der Waals surface area contributed by atoms with Gasteiger partial charge in [-0.25, -0.2) is 4.98 Å². The van der Waals surface area contributed by atoms with Crippen LogP contribution in [0.2, 0.25) is 37.3 Å². The topological polar surface area (TPSA) is 98.8 Å². The fourth-order valence-electron chi connectivity index (χ4n) is 4.99. The number of benzene rings is 1. The highest BCUT2D eigenvalue weighted by Crippen LogP contribution is 2.48. The average Bonchev–Trinajstić information content (AvgIpc) is 3.29. The van der Waals surface area contributed by atoms with E-state index in [0.717, 1.165) is 18.0 Å². The lowest BCUT2D eigenvalue weighted by molar-refractivity contribution is 0.152. The molecule has 3 N–H and O–H groups in total. The molecule has 1 aromatic carbocycles. The second kappa shape index (κ2) is 8.86. The molecule has 9 heteroatoms. The molecule has 0 amide bonds. The Morgan fingerprint density at radius 3 is 2.49 bits per heavy atom. The molecule has 3 aromatic rings. The molecule has 188 valence electrons. The number of aromatic nitrogens is 4. The Hall–Kier alpha value is -2.50. The van der Waals surface area contributed by atoms with Crippen molar-refractivity contribution in [2.75, 3.05) is 5.73 Å². The number of nitrogens with one attached hydrogen (secondary N) is 1. The molecule has 0 radical (unpaired) electrons. The molecule has 0 unspecified atom stereocenters. The number of H-pyrrole nitrogens is 1. The normalized spacial score (nSPS) is 21.7. The highest BCUT2D eigenvalue weighted by Gasteiger charge is 2.47. The molecule has 2 heterocycles. The van der Waals surface area contributed by atoms with Crippen molar-refractivity contribution in [1.29, 1.82) is 0 Å². The van der Waals surface area contributed by atoms with E-state index in [0.29, 0.717) is 11.2 Å². The Labute approximate surface area is 210 Å². The van der Waals surface area contributed by atoms with Gasteiger partial charge in [0.1, 0.15) is 0 Å². The van der Waals surface area contributed by atoms with E-state index in [1.165, 1.54) is 5.19 Å². The third-order valence-electron chi connectivity index (χ3n) is 8.13. The number of hydrogen-bond donors (Lipinski definition) is 2. The number of anilines is 1. The van der Waals surface area contributed by atoms with Crippen molar-refractivity contribution in [2.45, 2.75) is 76.6 Å². The van der Waals surface area contributed by atoms with E-state index >= 15 is 0 Å². The number of nitrogens with two attached hydrogens (primary N) is 1. The molecule has 3 atom stereocenters. The van der Waals surface area contributed by atoms with E-state index in [1.54, 1.807) is 6.33 Å². The molecule has 1 fully saturated rings. The Kier molecular flexibility index (Phi) is 6.48. The largest absolute Gasteiger partial charge is 0.413 e. The molecule has 0 spiro atoms. The van der Waals surface area contributed by atoms with Gasteiger partial charge in [-0.05, 0) is 36.2 Å². The molecule has 4 rings (SSSR count). The van der Waals surface area contributed by atoms with Gasteiger partial charge in [-0.1, -0.05) is 76.0 Å². The van der Waals surface area contributed by atoms with Gasteiger partial charge in [0.15, 0.2) is 19.5 Å². The highest BCUT2D eigenvalue weighted by atomic mass is 28.4. The van der Waals surface area contributed by atoms with Gasteiger partial charge in [0.25, 0.3) is 5.56 Å². The Morgan fingerprint density at radius 1 is 1.20 bits per heavy atom. The quantitative estimate of drug-likeness (QED) is 0.366. The lowest BCUT2D eigenvalue weighted by Gasteiger charge is -2.40. The monoisotopic (exact) mass is 509 g/mol. The van der Waals surface area contributed by atoms with E-state index in [4.69, 9.17) is 10.2 Å². The molecule has 1 aliphatic carbocycles. The first-order valence-electron chi connectivity index (χ1n) is 12.4. The van der Waals surface area contributed by atoms with E-state index in [2.05, 4.69) is 98.8 Å². The standard InChI is InChI=1S/C26H39N5O2Si2/c1-17-19(15-34(5,6)18-12-10-9-11-13-18)21(33-35(7,8)26(2,3)4)14-20(17)31-16-28-22-23(31)29-25(27)30-24(22)32/h9-13,16,19-21H,1,14-15H2,2-8H3,(H3,27,29,30,32)/t19-,20-,21-/m1/s1. The first-order valence-corrected chi connectivity index (χ1v) is 18.5. The van der Waals surface area contributed by atoms with Crippen LogP contribution in [0.5, 0.6) is 0 Å².